The molecule has 0 saturated heterocycles. The summed E-state index contributed by atoms with van der Waals surface area (Å²) in [4.78, 5) is 28.6. The van der Waals surface area contributed by atoms with Gasteiger partial charge in [-0.1, -0.05) is 35.9 Å². The van der Waals surface area contributed by atoms with Gasteiger partial charge >= 0.3 is 6.18 Å². The molecule has 2 unspecified atom stereocenters. The molecule has 1 heterocycles. The second-order valence-electron chi connectivity index (χ2n) is 9.18. The van der Waals surface area contributed by atoms with E-state index in [-0.39, 0.29) is 11.8 Å². The minimum Gasteiger partial charge on any atom is -0.462 e. The van der Waals surface area contributed by atoms with Crippen LogP contribution in [0.1, 0.15) is 53.7 Å². The first-order valence-corrected chi connectivity index (χ1v) is 11.8. The lowest BCUT2D eigenvalue weighted by molar-refractivity contribution is -0.138. The number of carbonyl (C=O) groups excluding carboxylic acids is 2. The predicted octanol–water partition coefficient (Wildman–Crippen LogP) is 5.54. The molecule has 3 aromatic rings. The molecule has 3 rings (SSSR count). The van der Waals surface area contributed by atoms with Crippen molar-refractivity contribution in [3.63, 3.8) is 0 Å². The average molecular weight is 534 g/mol. The Kier molecular flexibility index (Phi) is 8.48. The molecule has 0 aliphatic rings. The van der Waals surface area contributed by atoms with Crippen LogP contribution in [-0.2, 0) is 17.4 Å². The van der Waals surface area contributed by atoms with Crippen molar-refractivity contribution < 1.29 is 27.5 Å². The van der Waals surface area contributed by atoms with Crippen LogP contribution < -0.4 is 15.8 Å². The van der Waals surface area contributed by atoms with E-state index in [1.165, 1.54) is 13.8 Å². The summed E-state index contributed by atoms with van der Waals surface area (Å²) in [6, 6.07) is 15.7. The van der Waals surface area contributed by atoms with E-state index in [0.717, 1.165) is 23.3 Å². The number of aromatic nitrogens is 1. The van der Waals surface area contributed by atoms with E-state index >= 15 is 0 Å². The van der Waals surface area contributed by atoms with Crippen molar-refractivity contribution in [2.45, 2.75) is 50.9 Å². The molecule has 2 atom stereocenters. The number of pyridine rings is 1. The van der Waals surface area contributed by atoms with Gasteiger partial charge in [-0.25, -0.2) is 4.98 Å². The molecule has 0 aliphatic carbocycles. The number of nitrogens with two attached hydrogens (primary N) is 1. The molecule has 0 bridgehead atoms. The maximum atomic E-state index is 13.2. The number of primary amides is 1. The third kappa shape index (κ3) is 7.45. The molecular weight excluding hydrogens is 507 g/mol. The molecule has 2 aromatic carbocycles. The Morgan fingerprint density at radius 3 is 2.32 bits per heavy atom. The fraction of sp³-hybridized carbons (Fsp3) is 0.296. The fourth-order valence-electron chi connectivity index (χ4n) is 3.78. The summed E-state index contributed by atoms with van der Waals surface area (Å²) >= 11 is 6.02. The largest absolute Gasteiger partial charge is 0.462 e. The summed E-state index contributed by atoms with van der Waals surface area (Å²) in [6.07, 6.45) is -3.36. The number of nitrogens with one attached hydrogen (secondary N) is 1. The Hall–Kier alpha value is -3.59. The van der Waals surface area contributed by atoms with E-state index in [0.29, 0.717) is 23.2 Å². The second kappa shape index (κ2) is 11.2. The molecule has 0 spiro atoms. The van der Waals surface area contributed by atoms with E-state index in [4.69, 9.17) is 22.1 Å². The van der Waals surface area contributed by atoms with Gasteiger partial charge in [0.2, 0.25) is 11.8 Å². The van der Waals surface area contributed by atoms with Gasteiger partial charge in [-0.3, -0.25) is 9.59 Å². The van der Waals surface area contributed by atoms with Crippen molar-refractivity contribution in [3.05, 3.63) is 94.1 Å². The summed E-state index contributed by atoms with van der Waals surface area (Å²) in [7, 11) is 0. The van der Waals surface area contributed by atoms with Gasteiger partial charge < -0.3 is 15.8 Å². The Morgan fingerprint density at radius 2 is 1.76 bits per heavy atom. The van der Waals surface area contributed by atoms with Gasteiger partial charge in [-0.05, 0) is 68.7 Å². The molecule has 0 fully saturated rings. The van der Waals surface area contributed by atoms with Crippen LogP contribution in [0.3, 0.4) is 0 Å². The van der Waals surface area contributed by atoms with Crippen molar-refractivity contribution in [2.75, 3.05) is 0 Å². The quantitative estimate of drug-likeness (QED) is 0.377. The SMILES string of the molecule is CC(NC(=O)C(C)(C)Oc1ccc(C(F)(F)F)cn1)C(Cc1ccc(Cl)cc1)c1cccc(C(N)=O)c1. The highest BCUT2D eigenvalue weighted by Crippen LogP contribution is 2.30. The summed E-state index contributed by atoms with van der Waals surface area (Å²) in [5.41, 5.74) is 5.20. The van der Waals surface area contributed by atoms with E-state index < -0.39 is 35.2 Å². The number of ether oxygens (including phenoxy) is 1. The number of hydrogen-bond donors (Lipinski definition) is 2. The van der Waals surface area contributed by atoms with E-state index in [1.807, 2.05) is 25.1 Å². The maximum Gasteiger partial charge on any atom is 0.417 e. The number of hydrogen-bond acceptors (Lipinski definition) is 4. The van der Waals surface area contributed by atoms with Crippen molar-refractivity contribution in [2.24, 2.45) is 5.73 Å². The summed E-state index contributed by atoms with van der Waals surface area (Å²) in [5.74, 6) is -1.44. The monoisotopic (exact) mass is 533 g/mol. The van der Waals surface area contributed by atoms with Crippen LogP contribution in [0.15, 0.2) is 66.9 Å². The molecule has 0 radical (unpaired) electrons. The van der Waals surface area contributed by atoms with Gasteiger partial charge in [-0.2, -0.15) is 13.2 Å². The van der Waals surface area contributed by atoms with Crippen LogP contribution in [0.5, 0.6) is 5.88 Å². The highest BCUT2D eigenvalue weighted by Gasteiger charge is 2.34. The van der Waals surface area contributed by atoms with Gasteiger partial charge in [0.25, 0.3) is 5.91 Å². The molecule has 0 saturated carbocycles. The molecule has 1 aromatic heterocycles. The van der Waals surface area contributed by atoms with Crippen LogP contribution in [-0.4, -0.2) is 28.4 Å². The number of benzene rings is 2. The predicted molar refractivity (Wildman–Crippen MR) is 134 cm³/mol. The first-order chi connectivity index (χ1) is 17.3. The van der Waals surface area contributed by atoms with Gasteiger partial charge in [0, 0.05) is 34.8 Å². The summed E-state index contributed by atoms with van der Waals surface area (Å²) < 4.78 is 44.1. The third-order valence-electron chi connectivity index (χ3n) is 5.90. The van der Waals surface area contributed by atoms with Gasteiger partial charge in [0.05, 0.1) is 5.56 Å². The van der Waals surface area contributed by atoms with Crippen molar-refractivity contribution >= 4 is 23.4 Å². The molecule has 2 amide bonds. The first-order valence-electron chi connectivity index (χ1n) is 11.4. The smallest absolute Gasteiger partial charge is 0.417 e. The number of halogens is 4. The lowest BCUT2D eigenvalue weighted by Crippen LogP contribution is -2.51. The fourth-order valence-corrected chi connectivity index (χ4v) is 3.90. The van der Waals surface area contributed by atoms with Crippen LogP contribution in [0, 0.1) is 0 Å². The van der Waals surface area contributed by atoms with Crippen molar-refractivity contribution in [1.29, 1.82) is 0 Å². The van der Waals surface area contributed by atoms with Crippen molar-refractivity contribution in [1.82, 2.24) is 10.3 Å². The van der Waals surface area contributed by atoms with Crippen LogP contribution >= 0.6 is 11.6 Å². The zero-order valence-corrected chi connectivity index (χ0v) is 21.2. The van der Waals surface area contributed by atoms with E-state index in [9.17, 15) is 22.8 Å². The molecule has 37 heavy (non-hydrogen) atoms. The standard InChI is InChI=1S/C27H27ClF3N3O3/c1-16(34-25(36)26(2,3)37-23-12-9-20(15-33-23)27(29,30)31)22(13-17-7-10-21(28)11-8-17)18-5-4-6-19(14-18)24(32)35/h4-12,14-16,22H,13H2,1-3H3,(H2,32,35)(H,34,36). The zero-order valence-electron chi connectivity index (χ0n) is 20.5. The normalized spacial score (nSPS) is 13.5. The Balaban J connectivity index is 1.81. The Morgan fingerprint density at radius 1 is 1.08 bits per heavy atom. The van der Waals surface area contributed by atoms with Crippen LogP contribution in [0.25, 0.3) is 0 Å². The molecule has 10 heteroatoms. The Bertz CT molecular complexity index is 1250. The van der Waals surface area contributed by atoms with Gasteiger partial charge in [-0.15, -0.1) is 0 Å². The van der Waals surface area contributed by atoms with Gasteiger partial charge in [0.1, 0.15) is 0 Å². The summed E-state index contributed by atoms with van der Waals surface area (Å²) in [5, 5.41) is 3.53. The Labute approximate surface area is 218 Å². The molecule has 6 nitrogen and oxygen atoms in total. The minimum atomic E-state index is -4.53. The third-order valence-corrected chi connectivity index (χ3v) is 6.15. The highest BCUT2D eigenvalue weighted by molar-refractivity contribution is 6.30. The molecular formula is C27H27ClF3N3O3. The van der Waals surface area contributed by atoms with Crippen molar-refractivity contribution in [3.8, 4) is 5.88 Å². The van der Waals surface area contributed by atoms with E-state index in [2.05, 4.69) is 10.3 Å². The molecule has 0 aliphatic heterocycles. The first kappa shape index (κ1) is 28.0. The number of amides is 2. The number of carbonyl (C=O) groups is 2. The second-order valence-corrected chi connectivity index (χ2v) is 9.62. The lowest BCUT2D eigenvalue weighted by Gasteiger charge is -2.31. The van der Waals surface area contributed by atoms with Crippen LogP contribution in [0.2, 0.25) is 5.02 Å². The minimum absolute atomic E-state index is 0.118. The average Bonchev–Trinajstić information content (AvgIpc) is 2.83. The zero-order chi connectivity index (χ0) is 27.4. The number of alkyl halides is 3. The van der Waals surface area contributed by atoms with Crippen LogP contribution in [0.4, 0.5) is 13.2 Å². The summed E-state index contributed by atoms with van der Waals surface area (Å²) in [6.45, 7) is 4.81. The maximum absolute atomic E-state index is 13.2. The molecule has 196 valence electrons. The number of nitrogens with zero attached hydrogens (tertiary/aromatic N) is 1. The molecule has 3 N–H and O–H groups in total. The highest BCUT2D eigenvalue weighted by atomic mass is 35.5. The topological polar surface area (TPSA) is 94.3 Å². The lowest BCUT2D eigenvalue weighted by atomic mass is 9.85. The number of rotatable bonds is 9. The van der Waals surface area contributed by atoms with Gasteiger partial charge in [0.15, 0.2) is 5.60 Å². The van der Waals surface area contributed by atoms with E-state index in [1.54, 1.807) is 30.3 Å².